The first-order valence-corrected chi connectivity index (χ1v) is 12.3. The fourth-order valence-electron chi connectivity index (χ4n) is 2.67. The Morgan fingerprint density at radius 1 is 1.12 bits per heavy atom. The SMILES string of the molecule is COc1cc(/C=N\NC(=O)c2cccc(Br)c2)cc(Br)c1OS(=O)(=O)c1cccc([N+](=O)[O-])c1. The summed E-state index contributed by atoms with van der Waals surface area (Å²) in [4.78, 5) is 22.0. The summed E-state index contributed by atoms with van der Waals surface area (Å²) in [5, 5.41) is 14.9. The number of methoxy groups -OCH3 is 1. The Kier molecular flexibility index (Phi) is 8.02. The van der Waals surface area contributed by atoms with E-state index in [1.165, 1.54) is 43.7 Å². The first kappa shape index (κ1) is 25.3. The molecule has 13 heteroatoms. The summed E-state index contributed by atoms with van der Waals surface area (Å²) in [7, 11) is -3.10. The minimum Gasteiger partial charge on any atom is -0.493 e. The van der Waals surface area contributed by atoms with E-state index < -0.39 is 31.5 Å². The quantitative estimate of drug-likeness (QED) is 0.169. The summed E-state index contributed by atoms with van der Waals surface area (Å²) >= 11 is 6.52. The first-order chi connectivity index (χ1) is 16.1. The molecule has 176 valence electrons. The number of amides is 1. The smallest absolute Gasteiger partial charge is 0.339 e. The average Bonchev–Trinajstić information content (AvgIpc) is 2.80. The van der Waals surface area contributed by atoms with E-state index in [-0.39, 0.29) is 16.0 Å². The van der Waals surface area contributed by atoms with Crippen LogP contribution in [0.15, 0.2) is 79.6 Å². The zero-order valence-corrected chi connectivity index (χ0v) is 21.3. The van der Waals surface area contributed by atoms with E-state index in [1.54, 1.807) is 24.3 Å². The number of hydrogen-bond acceptors (Lipinski definition) is 8. The molecule has 0 aliphatic carbocycles. The minimum absolute atomic E-state index is 0.0446. The molecule has 0 fully saturated rings. The van der Waals surface area contributed by atoms with Crippen LogP contribution >= 0.6 is 31.9 Å². The van der Waals surface area contributed by atoms with E-state index in [9.17, 15) is 23.3 Å². The van der Waals surface area contributed by atoms with Crippen molar-refractivity contribution in [2.24, 2.45) is 5.10 Å². The number of benzene rings is 3. The van der Waals surface area contributed by atoms with Crippen LogP contribution in [0.25, 0.3) is 0 Å². The number of non-ortho nitro benzene ring substituents is 1. The molecular weight excluding hydrogens is 598 g/mol. The lowest BCUT2D eigenvalue weighted by molar-refractivity contribution is -0.385. The molecule has 0 bridgehead atoms. The maximum absolute atomic E-state index is 12.7. The topological polar surface area (TPSA) is 137 Å². The third-order valence-electron chi connectivity index (χ3n) is 4.23. The van der Waals surface area contributed by atoms with Crippen molar-refractivity contribution >= 4 is 59.8 Å². The summed E-state index contributed by atoms with van der Waals surface area (Å²) in [6.45, 7) is 0. The van der Waals surface area contributed by atoms with Crippen LogP contribution in [0, 0.1) is 10.1 Å². The van der Waals surface area contributed by atoms with Crippen molar-refractivity contribution < 1.29 is 27.1 Å². The average molecular weight is 613 g/mol. The Hall–Kier alpha value is -3.29. The van der Waals surface area contributed by atoms with Crippen LogP contribution < -0.4 is 14.3 Å². The number of ether oxygens (including phenoxy) is 1. The summed E-state index contributed by atoms with van der Waals surface area (Å²) in [5.41, 5.74) is 2.86. The van der Waals surface area contributed by atoms with Crippen LogP contribution in [0.2, 0.25) is 0 Å². The molecular formula is C21H15Br2N3O7S. The molecule has 0 atom stereocenters. The van der Waals surface area contributed by atoms with Gasteiger partial charge in [-0.3, -0.25) is 14.9 Å². The van der Waals surface area contributed by atoms with Crippen LogP contribution in [0.1, 0.15) is 15.9 Å². The fraction of sp³-hybridized carbons (Fsp3) is 0.0476. The number of hydrazone groups is 1. The number of nitrogens with one attached hydrogen (secondary N) is 1. The Balaban J connectivity index is 1.82. The van der Waals surface area contributed by atoms with Crippen molar-refractivity contribution in [1.82, 2.24) is 5.43 Å². The largest absolute Gasteiger partial charge is 0.493 e. The van der Waals surface area contributed by atoms with Gasteiger partial charge in [0.05, 0.1) is 22.7 Å². The van der Waals surface area contributed by atoms with Gasteiger partial charge in [0.1, 0.15) is 4.90 Å². The lowest BCUT2D eigenvalue weighted by atomic mass is 10.2. The molecule has 0 spiro atoms. The number of nitro benzene ring substituents is 1. The molecule has 3 aromatic rings. The van der Waals surface area contributed by atoms with Gasteiger partial charge in [-0.25, -0.2) is 5.43 Å². The van der Waals surface area contributed by atoms with E-state index in [2.05, 4.69) is 42.4 Å². The maximum Gasteiger partial charge on any atom is 0.339 e. The Labute approximate surface area is 211 Å². The molecule has 0 saturated heterocycles. The van der Waals surface area contributed by atoms with Gasteiger partial charge in [-0.15, -0.1) is 0 Å². The lowest BCUT2D eigenvalue weighted by Crippen LogP contribution is -2.17. The second-order valence-electron chi connectivity index (χ2n) is 6.54. The molecule has 3 aromatic carbocycles. The number of nitro groups is 1. The van der Waals surface area contributed by atoms with Crippen LogP contribution in [-0.2, 0) is 10.1 Å². The Morgan fingerprint density at radius 3 is 2.53 bits per heavy atom. The zero-order chi connectivity index (χ0) is 24.9. The molecule has 0 radical (unpaired) electrons. The van der Waals surface area contributed by atoms with Gasteiger partial charge in [0.2, 0.25) is 0 Å². The minimum atomic E-state index is -4.41. The van der Waals surface area contributed by atoms with Crippen LogP contribution in [0.4, 0.5) is 5.69 Å². The molecule has 0 heterocycles. The van der Waals surface area contributed by atoms with E-state index in [1.807, 2.05) is 0 Å². The summed E-state index contributed by atoms with van der Waals surface area (Å²) in [6.07, 6.45) is 1.34. The second kappa shape index (κ2) is 10.8. The van der Waals surface area contributed by atoms with Gasteiger partial charge >= 0.3 is 10.1 Å². The highest BCUT2D eigenvalue weighted by Gasteiger charge is 2.24. The summed E-state index contributed by atoms with van der Waals surface area (Å²) in [6, 6.07) is 14.2. The summed E-state index contributed by atoms with van der Waals surface area (Å²) < 4.78 is 36.8. The van der Waals surface area contributed by atoms with Gasteiger partial charge < -0.3 is 8.92 Å². The van der Waals surface area contributed by atoms with Gasteiger partial charge in [-0.1, -0.05) is 28.1 Å². The van der Waals surface area contributed by atoms with E-state index in [0.717, 1.165) is 10.5 Å². The third kappa shape index (κ3) is 6.18. The number of carbonyl (C=O) groups is 1. The molecule has 0 aliphatic rings. The predicted octanol–water partition coefficient (Wildman–Crippen LogP) is 4.66. The highest BCUT2D eigenvalue weighted by atomic mass is 79.9. The van der Waals surface area contributed by atoms with E-state index in [0.29, 0.717) is 11.1 Å². The van der Waals surface area contributed by atoms with Gasteiger partial charge in [0, 0.05) is 22.2 Å². The molecule has 10 nitrogen and oxygen atoms in total. The molecule has 34 heavy (non-hydrogen) atoms. The van der Waals surface area contributed by atoms with Crippen molar-refractivity contribution in [3.8, 4) is 11.5 Å². The monoisotopic (exact) mass is 611 g/mol. The normalized spacial score (nSPS) is 11.3. The lowest BCUT2D eigenvalue weighted by Gasteiger charge is -2.13. The number of nitrogens with zero attached hydrogens (tertiary/aromatic N) is 2. The van der Waals surface area contributed by atoms with Crippen LogP contribution in [0.3, 0.4) is 0 Å². The van der Waals surface area contributed by atoms with Crippen molar-refractivity contribution in [3.05, 3.63) is 90.9 Å². The highest BCUT2D eigenvalue weighted by Crippen LogP contribution is 2.38. The molecule has 0 aliphatic heterocycles. The first-order valence-electron chi connectivity index (χ1n) is 9.26. The Bertz CT molecular complexity index is 1390. The number of halogens is 2. The van der Waals surface area contributed by atoms with Gasteiger partial charge in [-0.05, 0) is 57.9 Å². The third-order valence-corrected chi connectivity index (χ3v) is 6.53. The molecule has 1 amide bonds. The van der Waals surface area contributed by atoms with Crippen LogP contribution in [-0.4, -0.2) is 32.6 Å². The summed E-state index contributed by atoms with van der Waals surface area (Å²) in [5.74, 6) is -0.543. The van der Waals surface area contributed by atoms with Crippen molar-refractivity contribution in [2.75, 3.05) is 7.11 Å². The Morgan fingerprint density at radius 2 is 1.85 bits per heavy atom. The zero-order valence-electron chi connectivity index (χ0n) is 17.3. The number of rotatable bonds is 8. The molecule has 0 saturated carbocycles. The van der Waals surface area contributed by atoms with Crippen molar-refractivity contribution in [3.63, 3.8) is 0 Å². The second-order valence-corrected chi connectivity index (χ2v) is 9.85. The molecule has 0 aromatic heterocycles. The van der Waals surface area contributed by atoms with Crippen LogP contribution in [0.5, 0.6) is 11.5 Å². The number of hydrogen-bond donors (Lipinski definition) is 1. The fourth-order valence-corrected chi connectivity index (χ4v) is 4.71. The molecule has 3 rings (SSSR count). The highest BCUT2D eigenvalue weighted by molar-refractivity contribution is 9.10. The standard InChI is InChI=1S/C21H15Br2N3O7S/c1-32-19-9-13(12-24-25-21(27)14-4-2-5-15(22)10-14)8-18(23)20(19)33-34(30,31)17-7-3-6-16(11-17)26(28)29/h2-12H,1H3,(H,25,27)/b24-12-. The van der Waals surface area contributed by atoms with Gasteiger partial charge in [0.25, 0.3) is 11.6 Å². The van der Waals surface area contributed by atoms with E-state index >= 15 is 0 Å². The maximum atomic E-state index is 12.7. The van der Waals surface area contributed by atoms with Gasteiger partial charge in [-0.2, -0.15) is 13.5 Å². The van der Waals surface area contributed by atoms with E-state index in [4.69, 9.17) is 8.92 Å². The van der Waals surface area contributed by atoms with Crippen molar-refractivity contribution in [1.29, 1.82) is 0 Å². The van der Waals surface area contributed by atoms with Crippen molar-refractivity contribution in [2.45, 2.75) is 4.90 Å². The number of carbonyl (C=O) groups excluding carboxylic acids is 1. The molecule has 0 unspecified atom stereocenters. The predicted molar refractivity (Wildman–Crippen MR) is 131 cm³/mol. The molecule has 1 N–H and O–H groups in total. The van der Waals surface area contributed by atoms with Gasteiger partial charge in [0.15, 0.2) is 11.5 Å².